The van der Waals surface area contributed by atoms with Crippen LogP contribution in [0, 0.1) is 0 Å². The summed E-state index contributed by atoms with van der Waals surface area (Å²) in [5.41, 5.74) is 2.56. The van der Waals surface area contributed by atoms with E-state index in [0.717, 1.165) is 35.8 Å². The normalized spacial score (nSPS) is 14.8. The van der Waals surface area contributed by atoms with Gasteiger partial charge in [0.15, 0.2) is 0 Å². The van der Waals surface area contributed by atoms with Crippen molar-refractivity contribution in [1.29, 1.82) is 0 Å². The van der Waals surface area contributed by atoms with Gasteiger partial charge in [-0.15, -0.1) is 0 Å². The first-order valence-electron chi connectivity index (χ1n) is 8.72. The third-order valence-electron chi connectivity index (χ3n) is 4.63. The smallest absolute Gasteiger partial charge is 0.268 e. The van der Waals surface area contributed by atoms with E-state index < -0.39 is 0 Å². The molecule has 1 saturated heterocycles. The maximum absolute atomic E-state index is 13.4. The van der Waals surface area contributed by atoms with E-state index in [0.29, 0.717) is 25.0 Å². The molecular formula is C20H21N3O2. The lowest BCUT2D eigenvalue weighted by Gasteiger charge is -2.29. The van der Waals surface area contributed by atoms with Gasteiger partial charge in [0.1, 0.15) is 5.82 Å². The molecule has 0 unspecified atom stereocenters. The molecule has 1 aliphatic rings. The maximum Gasteiger partial charge on any atom is 0.268 e. The van der Waals surface area contributed by atoms with Crippen molar-refractivity contribution in [3.63, 3.8) is 0 Å². The van der Waals surface area contributed by atoms with Crippen LogP contribution in [0.5, 0.6) is 0 Å². The first kappa shape index (κ1) is 15.8. The molecule has 5 heteroatoms. The number of aromatic nitrogens is 2. The monoisotopic (exact) mass is 335 g/mol. The number of nitrogens with zero attached hydrogens (tertiary/aromatic N) is 3. The van der Waals surface area contributed by atoms with Crippen molar-refractivity contribution in [3.8, 4) is 5.69 Å². The number of anilines is 1. The van der Waals surface area contributed by atoms with Crippen LogP contribution < -0.4 is 10.5 Å². The van der Waals surface area contributed by atoms with Crippen LogP contribution in [-0.2, 0) is 11.2 Å². The first-order chi connectivity index (χ1) is 12.3. The van der Waals surface area contributed by atoms with Crippen LogP contribution >= 0.6 is 0 Å². The lowest BCUT2D eigenvalue weighted by Crippen LogP contribution is -2.37. The number of fused-ring (bicyclic) bond motifs is 1. The van der Waals surface area contributed by atoms with Crippen molar-refractivity contribution in [2.45, 2.75) is 13.3 Å². The molecule has 1 aromatic heterocycles. The molecule has 0 spiro atoms. The molecule has 4 rings (SSSR count). The van der Waals surface area contributed by atoms with Crippen molar-refractivity contribution >= 4 is 16.6 Å². The Kier molecular flexibility index (Phi) is 4.24. The third kappa shape index (κ3) is 2.81. The van der Waals surface area contributed by atoms with Crippen LogP contribution in [-0.4, -0.2) is 35.9 Å². The third-order valence-corrected chi connectivity index (χ3v) is 4.63. The molecule has 0 amide bonds. The van der Waals surface area contributed by atoms with Crippen LogP contribution in [0.1, 0.15) is 12.7 Å². The van der Waals surface area contributed by atoms with Gasteiger partial charge in [-0.25, -0.2) is 4.98 Å². The Balaban J connectivity index is 2.00. The summed E-state index contributed by atoms with van der Waals surface area (Å²) in [7, 11) is 0. The molecule has 5 nitrogen and oxygen atoms in total. The topological polar surface area (TPSA) is 47.4 Å². The van der Waals surface area contributed by atoms with Gasteiger partial charge >= 0.3 is 0 Å². The number of benzene rings is 2. The van der Waals surface area contributed by atoms with Gasteiger partial charge < -0.3 is 9.64 Å². The van der Waals surface area contributed by atoms with Gasteiger partial charge in [-0.1, -0.05) is 31.2 Å². The molecule has 0 N–H and O–H groups in total. The molecule has 0 saturated carbocycles. The van der Waals surface area contributed by atoms with Gasteiger partial charge in [0.25, 0.3) is 5.56 Å². The first-order valence-corrected chi connectivity index (χ1v) is 8.72. The Morgan fingerprint density at radius 1 is 1.04 bits per heavy atom. The number of hydrogen-bond acceptors (Lipinski definition) is 4. The molecule has 25 heavy (non-hydrogen) atoms. The number of morpholine rings is 1. The molecule has 0 radical (unpaired) electrons. The van der Waals surface area contributed by atoms with E-state index in [2.05, 4.69) is 4.90 Å². The molecule has 0 bridgehead atoms. The SMILES string of the molecule is CCc1nc2cccc(N3CCOCC3)c2c(=O)n1-c1ccccc1. The van der Waals surface area contributed by atoms with Crippen LogP contribution in [0.2, 0.25) is 0 Å². The summed E-state index contributed by atoms with van der Waals surface area (Å²) in [5, 5.41) is 0.686. The van der Waals surface area contributed by atoms with Gasteiger partial charge in [-0.05, 0) is 24.3 Å². The van der Waals surface area contributed by atoms with Crippen molar-refractivity contribution in [1.82, 2.24) is 9.55 Å². The van der Waals surface area contributed by atoms with E-state index in [9.17, 15) is 4.79 Å². The largest absolute Gasteiger partial charge is 0.378 e. The summed E-state index contributed by atoms with van der Waals surface area (Å²) in [6, 6.07) is 15.7. The highest BCUT2D eigenvalue weighted by Gasteiger charge is 2.19. The second kappa shape index (κ2) is 6.69. The second-order valence-corrected chi connectivity index (χ2v) is 6.13. The molecule has 128 valence electrons. The summed E-state index contributed by atoms with van der Waals surface area (Å²) in [6.45, 7) is 4.98. The molecule has 2 aromatic carbocycles. The summed E-state index contributed by atoms with van der Waals surface area (Å²) >= 11 is 0. The quantitative estimate of drug-likeness (QED) is 0.738. The minimum atomic E-state index is -0.00450. The minimum absolute atomic E-state index is 0.00450. The zero-order valence-electron chi connectivity index (χ0n) is 14.3. The predicted octanol–water partition coefficient (Wildman–Crippen LogP) is 2.78. The summed E-state index contributed by atoms with van der Waals surface area (Å²) in [6.07, 6.45) is 0.696. The fourth-order valence-corrected chi connectivity index (χ4v) is 3.41. The van der Waals surface area contributed by atoms with Crippen molar-refractivity contribution in [3.05, 3.63) is 64.7 Å². The van der Waals surface area contributed by atoms with Gasteiger partial charge in [0.2, 0.25) is 0 Å². The highest BCUT2D eigenvalue weighted by molar-refractivity contribution is 5.91. The fraction of sp³-hybridized carbons (Fsp3) is 0.300. The lowest BCUT2D eigenvalue weighted by atomic mass is 10.1. The molecule has 0 aliphatic carbocycles. The second-order valence-electron chi connectivity index (χ2n) is 6.13. The van der Waals surface area contributed by atoms with Crippen molar-refractivity contribution < 1.29 is 4.74 Å². The van der Waals surface area contributed by atoms with Crippen molar-refractivity contribution in [2.24, 2.45) is 0 Å². The predicted molar refractivity (Wildman–Crippen MR) is 99.8 cm³/mol. The number of ether oxygens (including phenoxy) is 1. The van der Waals surface area contributed by atoms with Crippen LogP contribution in [0.3, 0.4) is 0 Å². The fourth-order valence-electron chi connectivity index (χ4n) is 3.41. The maximum atomic E-state index is 13.4. The number of para-hydroxylation sites is 1. The van der Waals surface area contributed by atoms with E-state index >= 15 is 0 Å². The Labute approximate surface area is 146 Å². The van der Waals surface area contributed by atoms with Crippen LogP contribution in [0.15, 0.2) is 53.3 Å². The van der Waals surface area contributed by atoms with Crippen LogP contribution in [0.4, 0.5) is 5.69 Å². The van der Waals surface area contributed by atoms with E-state index in [4.69, 9.17) is 9.72 Å². The van der Waals surface area contributed by atoms with E-state index in [1.165, 1.54) is 0 Å². The lowest BCUT2D eigenvalue weighted by molar-refractivity contribution is 0.123. The van der Waals surface area contributed by atoms with E-state index in [1.54, 1.807) is 4.57 Å². The van der Waals surface area contributed by atoms with Crippen LogP contribution in [0.25, 0.3) is 16.6 Å². The summed E-state index contributed by atoms with van der Waals surface area (Å²) < 4.78 is 7.19. The summed E-state index contributed by atoms with van der Waals surface area (Å²) in [4.78, 5) is 20.4. The van der Waals surface area contributed by atoms with Gasteiger partial charge in [-0.2, -0.15) is 0 Å². The van der Waals surface area contributed by atoms with Gasteiger partial charge in [-0.3, -0.25) is 9.36 Å². The molecule has 3 aromatic rings. The molecule has 0 atom stereocenters. The van der Waals surface area contributed by atoms with E-state index in [1.807, 2.05) is 55.5 Å². The average molecular weight is 335 g/mol. The Bertz CT molecular complexity index is 944. The zero-order valence-corrected chi connectivity index (χ0v) is 14.3. The zero-order chi connectivity index (χ0) is 17.2. The Morgan fingerprint density at radius 2 is 1.80 bits per heavy atom. The average Bonchev–Trinajstić information content (AvgIpc) is 2.68. The number of rotatable bonds is 3. The van der Waals surface area contributed by atoms with Gasteiger partial charge in [0.05, 0.1) is 35.5 Å². The molecular weight excluding hydrogens is 314 g/mol. The molecule has 2 heterocycles. The molecule has 1 fully saturated rings. The Hall–Kier alpha value is -2.66. The number of hydrogen-bond donors (Lipinski definition) is 0. The highest BCUT2D eigenvalue weighted by Crippen LogP contribution is 2.25. The standard InChI is InChI=1S/C20H21N3O2/c1-2-18-21-16-9-6-10-17(22-11-13-25-14-12-22)19(16)20(24)23(18)15-7-4-3-5-8-15/h3-10H,2,11-14H2,1H3. The van der Waals surface area contributed by atoms with Gasteiger partial charge in [0, 0.05) is 19.5 Å². The highest BCUT2D eigenvalue weighted by atomic mass is 16.5. The Morgan fingerprint density at radius 3 is 2.52 bits per heavy atom. The minimum Gasteiger partial charge on any atom is -0.378 e. The molecule has 1 aliphatic heterocycles. The number of aryl methyl sites for hydroxylation is 1. The van der Waals surface area contributed by atoms with E-state index in [-0.39, 0.29) is 5.56 Å². The summed E-state index contributed by atoms with van der Waals surface area (Å²) in [5.74, 6) is 0.780. The van der Waals surface area contributed by atoms with Crippen molar-refractivity contribution in [2.75, 3.05) is 31.2 Å².